The quantitative estimate of drug-likeness (QED) is 0.568. The minimum atomic E-state index is -1.22. The smallest absolute Gasteiger partial charge is 0.334 e. The molecular formula is C15H16N2O5. The topological polar surface area (TPSA) is 114 Å². The number of aliphatic carboxylic acids is 2. The van der Waals surface area contributed by atoms with Crippen molar-refractivity contribution in [3.8, 4) is 0 Å². The number of carboxylic acid groups (broad SMARTS) is 2. The highest BCUT2D eigenvalue weighted by atomic mass is 16.5. The first kappa shape index (κ1) is 15.6. The molecule has 7 nitrogen and oxygen atoms in total. The van der Waals surface area contributed by atoms with Crippen molar-refractivity contribution in [3.63, 3.8) is 0 Å². The van der Waals surface area contributed by atoms with E-state index in [-0.39, 0.29) is 16.8 Å². The molecule has 0 saturated heterocycles. The first-order chi connectivity index (χ1) is 10.3. The van der Waals surface area contributed by atoms with Gasteiger partial charge in [-0.05, 0) is 19.9 Å². The van der Waals surface area contributed by atoms with Crippen molar-refractivity contribution in [2.24, 2.45) is 0 Å². The molecule has 0 aromatic carbocycles. The van der Waals surface area contributed by atoms with Gasteiger partial charge in [-0.2, -0.15) is 4.73 Å². The first-order valence-electron chi connectivity index (χ1n) is 6.59. The highest BCUT2D eigenvalue weighted by Crippen LogP contribution is 2.38. The summed E-state index contributed by atoms with van der Waals surface area (Å²) in [5.74, 6) is -3.44. The zero-order valence-electron chi connectivity index (χ0n) is 12.4. The highest BCUT2D eigenvalue weighted by molar-refractivity contribution is 5.98. The Labute approximate surface area is 126 Å². The van der Waals surface area contributed by atoms with Gasteiger partial charge in [-0.1, -0.05) is 0 Å². The van der Waals surface area contributed by atoms with E-state index in [9.17, 15) is 25.0 Å². The van der Waals surface area contributed by atoms with Crippen LogP contribution in [0.4, 0.5) is 0 Å². The van der Waals surface area contributed by atoms with Crippen molar-refractivity contribution < 1.29 is 24.5 Å². The lowest BCUT2D eigenvalue weighted by Crippen LogP contribution is -2.35. The SMILES string of the molecule is CC1=C(C(=O)O)C(c2ccc[n+]([O-])c2C)C(C(=O)O)=C(C)N1. The average Bonchev–Trinajstić information content (AvgIpc) is 2.39. The van der Waals surface area contributed by atoms with E-state index >= 15 is 0 Å². The predicted octanol–water partition coefficient (Wildman–Crippen LogP) is 1.03. The Morgan fingerprint density at radius 3 is 2.09 bits per heavy atom. The molecular weight excluding hydrogens is 288 g/mol. The molecule has 0 unspecified atom stereocenters. The Balaban J connectivity index is 2.78. The molecule has 0 saturated carbocycles. The van der Waals surface area contributed by atoms with Crippen LogP contribution in [0.1, 0.15) is 31.0 Å². The van der Waals surface area contributed by atoms with Crippen LogP contribution in [-0.4, -0.2) is 22.2 Å². The number of carbonyl (C=O) groups is 2. The molecule has 1 aromatic rings. The summed E-state index contributed by atoms with van der Waals surface area (Å²) in [6.45, 7) is 4.68. The molecule has 0 radical (unpaired) electrons. The Morgan fingerprint density at radius 2 is 1.64 bits per heavy atom. The molecule has 0 atom stereocenters. The number of hydrogen-bond donors (Lipinski definition) is 3. The van der Waals surface area contributed by atoms with Gasteiger partial charge in [0.1, 0.15) is 0 Å². The summed E-state index contributed by atoms with van der Waals surface area (Å²) in [4.78, 5) is 23.2. The summed E-state index contributed by atoms with van der Waals surface area (Å²) in [6.07, 6.45) is 1.29. The lowest BCUT2D eigenvalue weighted by atomic mass is 9.80. The number of hydrogen-bond acceptors (Lipinski definition) is 4. The van der Waals surface area contributed by atoms with Crippen molar-refractivity contribution >= 4 is 11.9 Å². The maximum absolute atomic E-state index is 11.8. The molecule has 0 amide bonds. The molecule has 2 rings (SSSR count). The molecule has 0 fully saturated rings. The molecule has 0 spiro atoms. The molecule has 1 aliphatic heterocycles. The number of aromatic nitrogens is 1. The fourth-order valence-corrected chi connectivity index (χ4v) is 2.76. The molecule has 7 heteroatoms. The van der Waals surface area contributed by atoms with E-state index in [1.807, 2.05) is 0 Å². The molecule has 1 aliphatic rings. The zero-order valence-corrected chi connectivity index (χ0v) is 12.4. The Morgan fingerprint density at radius 1 is 1.14 bits per heavy atom. The highest BCUT2D eigenvalue weighted by Gasteiger charge is 2.38. The van der Waals surface area contributed by atoms with Crippen LogP contribution < -0.4 is 10.0 Å². The van der Waals surface area contributed by atoms with E-state index in [1.165, 1.54) is 19.2 Å². The second-order valence-electron chi connectivity index (χ2n) is 5.12. The van der Waals surface area contributed by atoms with Crippen LogP contribution in [-0.2, 0) is 9.59 Å². The van der Waals surface area contributed by atoms with Crippen LogP contribution in [0.25, 0.3) is 0 Å². The van der Waals surface area contributed by atoms with Gasteiger partial charge in [-0.15, -0.1) is 0 Å². The number of pyridine rings is 1. The largest absolute Gasteiger partial charge is 0.619 e. The molecule has 1 aromatic heterocycles. The maximum Gasteiger partial charge on any atom is 0.334 e. The summed E-state index contributed by atoms with van der Waals surface area (Å²) in [6, 6.07) is 3.05. The van der Waals surface area contributed by atoms with Gasteiger partial charge in [-0.25, -0.2) is 9.59 Å². The van der Waals surface area contributed by atoms with Crippen molar-refractivity contribution in [1.29, 1.82) is 0 Å². The van der Waals surface area contributed by atoms with Gasteiger partial charge in [-0.3, -0.25) is 0 Å². The van der Waals surface area contributed by atoms with Crippen molar-refractivity contribution in [3.05, 3.63) is 57.3 Å². The van der Waals surface area contributed by atoms with Gasteiger partial charge >= 0.3 is 11.9 Å². The second kappa shape index (κ2) is 5.51. The predicted molar refractivity (Wildman–Crippen MR) is 76.7 cm³/mol. The summed E-state index contributed by atoms with van der Waals surface area (Å²) >= 11 is 0. The monoisotopic (exact) mass is 304 g/mol. The van der Waals surface area contributed by atoms with Gasteiger partial charge in [0.25, 0.3) is 0 Å². The van der Waals surface area contributed by atoms with E-state index in [0.717, 1.165) is 0 Å². The average molecular weight is 304 g/mol. The van der Waals surface area contributed by atoms with Crippen LogP contribution in [0, 0.1) is 12.1 Å². The van der Waals surface area contributed by atoms with Crippen LogP contribution >= 0.6 is 0 Å². The fraction of sp³-hybridized carbons (Fsp3) is 0.267. The number of allylic oxidation sites excluding steroid dienone is 2. The fourth-order valence-electron chi connectivity index (χ4n) is 2.76. The molecule has 0 aliphatic carbocycles. The van der Waals surface area contributed by atoms with E-state index in [1.54, 1.807) is 19.9 Å². The van der Waals surface area contributed by atoms with Gasteiger partial charge in [0.2, 0.25) is 0 Å². The number of nitrogens with zero attached hydrogens (tertiary/aromatic N) is 1. The lowest BCUT2D eigenvalue weighted by molar-refractivity contribution is -0.612. The van der Waals surface area contributed by atoms with Gasteiger partial charge in [0.15, 0.2) is 11.9 Å². The number of carboxylic acids is 2. The van der Waals surface area contributed by atoms with Crippen molar-refractivity contribution in [2.75, 3.05) is 0 Å². The molecule has 116 valence electrons. The Hall–Kier alpha value is -2.83. The van der Waals surface area contributed by atoms with Gasteiger partial charge in [0, 0.05) is 29.9 Å². The van der Waals surface area contributed by atoms with Crippen LogP contribution in [0.5, 0.6) is 0 Å². The summed E-state index contributed by atoms with van der Waals surface area (Å²) in [5.41, 5.74) is 1.22. The van der Waals surface area contributed by atoms with Crippen LogP contribution in [0.3, 0.4) is 0 Å². The second-order valence-corrected chi connectivity index (χ2v) is 5.12. The first-order valence-corrected chi connectivity index (χ1v) is 6.59. The lowest BCUT2D eigenvalue weighted by Gasteiger charge is -2.28. The van der Waals surface area contributed by atoms with E-state index in [4.69, 9.17) is 0 Å². The maximum atomic E-state index is 11.8. The minimum Gasteiger partial charge on any atom is -0.619 e. The molecule has 22 heavy (non-hydrogen) atoms. The Kier molecular flexibility index (Phi) is 3.90. The summed E-state index contributed by atoms with van der Waals surface area (Å²) < 4.78 is 0.598. The molecule has 0 bridgehead atoms. The summed E-state index contributed by atoms with van der Waals surface area (Å²) in [7, 11) is 0. The molecule has 2 heterocycles. The third kappa shape index (κ3) is 2.41. The standard InChI is InChI=1S/C15H16N2O5/c1-7-11(14(18)19)13(12(15(20)21)8(2)16-7)10-5-4-6-17(22)9(10)3/h4-6,13,16H,1-3H3,(H,18,19)(H,20,21). The van der Waals surface area contributed by atoms with Crippen molar-refractivity contribution in [1.82, 2.24) is 5.32 Å². The number of rotatable bonds is 3. The molecule has 3 N–H and O–H groups in total. The van der Waals surface area contributed by atoms with Gasteiger partial charge < -0.3 is 20.7 Å². The normalized spacial score (nSPS) is 15.8. The van der Waals surface area contributed by atoms with Crippen LogP contribution in [0.15, 0.2) is 40.9 Å². The third-order valence-electron chi connectivity index (χ3n) is 3.78. The minimum absolute atomic E-state index is 0.0719. The third-order valence-corrected chi connectivity index (χ3v) is 3.78. The number of dihydropyridines is 1. The Bertz CT molecular complexity index is 697. The van der Waals surface area contributed by atoms with Crippen LogP contribution in [0.2, 0.25) is 0 Å². The summed E-state index contributed by atoms with van der Waals surface area (Å²) in [5, 5.41) is 33.5. The van der Waals surface area contributed by atoms with Gasteiger partial charge in [0.05, 0.1) is 17.1 Å². The number of nitrogens with one attached hydrogen (secondary N) is 1. The van der Waals surface area contributed by atoms with E-state index < -0.39 is 17.9 Å². The van der Waals surface area contributed by atoms with E-state index in [2.05, 4.69) is 5.32 Å². The van der Waals surface area contributed by atoms with E-state index in [0.29, 0.717) is 21.7 Å². The van der Waals surface area contributed by atoms with Crippen molar-refractivity contribution in [2.45, 2.75) is 26.7 Å². The zero-order chi connectivity index (χ0) is 16.6.